The van der Waals surface area contributed by atoms with Gasteiger partial charge in [-0.25, -0.2) is 0 Å². The zero-order chi connectivity index (χ0) is 14.9. The Morgan fingerprint density at radius 1 is 1.00 bits per heavy atom. The fourth-order valence-corrected chi connectivity index (χ4v) is 2.31. The molecule has 0 aliphatic heterocycles. The van der Waals surface area contributed by atoms with Crippen molar-refractivity contribution in [1.29, 1.82) is 0 Å². The van der Waals surface area contributed by atoms with E-state index >= 15 is 0 Å². The van der Waals surface area contributed by atoms with Crippen molar-refractivity contribution in [3.8, 4) is 5.75 Å². The lowest BCUT2D eigenvalue weighted by Crippen LogP contribution is -2.38. The molecule has 21 heavy (non-hydrogen) atoms. The van der Waals surface area contributed by atoms with Gasteiger partial charge in [-0.3, -0.25) is 0 Å². The molecule has 2 rings (SSSR count). The van der Waals surface area contributed by atoms with Crippen molar-refractivity contribution in [2.45, 2.75) is 25.5 Å². The van der Waals surface area contributed by atoms with Gasteiger partial charge in [-0.1, -0.05) is 55.5 Å². The van der Waals surface area contributed by atoms with Crippen molar-refractivity contribution in [3.05, 3.63) is 66.2 Å². The maximum absolute atomic E-state index is 9.75. The van der Waals surface area contributed by atoms with Gasteiger partial charge < -0.3 is 15.2 Å². The first-order valence-corrected chi connectivity index (χ1v) is 7.46. The van der Waals surface area contributed by atoms with Crippen LogP contribution in [0.3, 0.4) is 0 Å². The molecule has 0 fully saturated rings. The third-order valence-corrected chi connectivity index (χ3v) is 3.36. The minimum absolute atomic E-state index is 0.0312. The first-order chi connectivity index (χ1) is 10.3. The predicted octanol–water partition coefficient (Wildman–Crippen LogP) is 3.17. The number of aliphatic hydroxyl groups excluding tert-OH is 1. The van der Waals surface area contributed by atoms with E-state index in [4.69, 9.17) is 4.74 Å². The minimum Gasteiger partial charge on any atom is -0.486 e. The van der Waals surface area contributed by atoms with E-state index in [9.17, 15) is 5.11 Å². The van der Waals surface area contributed by atoms with Crippen LogP contribution in [0.15, 0.2) is 60.7 Å². The number of hydrogen-bond donors (Lipinski definition) is 2. The first kappa shape index (κ1) is 15.5. The summed E-state index contributed by atoms with van der Waals surface area (Å²) in [5.74, 6) is 0.774. The summed E-state index contributed by atoms with van der Waals surface area (Å²) >= 11 is 0. The lowest BCUT2D eigenvalue weighted by Gasteiger charge is -2.28. The van der Waals surface area contributed by atoms with Crippen LogP contribution in [0.5, 0.6) is 5.75 Å². The molecule has 0 heterocycles. The summed E-state index contributed by atoms with van der Waals surface area (Å²) in [6, 6.07) is 19.7. The SMILES string of the molecule is CCCN[C@@H](c1ccccc1)[C@H](CO)Oc1ccccc1. The smallest absolute Gasteiger partial charge is 0.141 e. The fraction of sp³-hybridized carbons (Fsp3) is 0.333. The lowest BCUT2D eigenvalue weighted by atomic mass is 10.0. The van der Waals surface area contributed by atoms with Gasteiger partial charge in [0.15, 0.2) is 0 Å². The Kier molecular flexibility index (Phi) is 6.25. The number of benzene rings is 2. The molecule has 0 spiro atoms. The Balaban J connectivity index is 2.16. The van der Waals surface area contributed by atoms with Crippen molar-refractivity contribution in [2.24, 2.45) is 0 Å². The maximum Gasteiger partial charge on any atom is 0.141 e. The van der Waals surface area contributed by atoms with Gasteiger partial charge in [0.1, 0.15) is 11.9 Å². The summed E-state index contributed by atoms with van der Waals surface area (Å²) in [6.45, 7) is 2.97. The second-order valence-corrected chi connectivity index (χ2v) is 4.99. The van der Waals surface area contributed by atoms with Crippen molar-refractivity contribution < 1.29 is 9.84 Å². The standard InChI is InChI=1S/C18H23NO2/c1-2-13-19-18(15-9-5-3-6-10-15)17(14-20)21-16-11-7-4-8-12-16/h3-12,17-20H,2,13-14H2,1H3/t17-,18-/m0/s1. The van der Waals surface area contributed by atoms with Crippen LogP contribution in [0.25, 0.3) is 0 Å². The van der Waals surface area contributed by atoms with Gasteiger partial charge in [-0.05, 0) is 30.7 Å². The number of hydrogen-bond acceptors (Lipinski definition) is 3. The van der Waals surface area contributed by atoms with Gasteiger partial charge in [0.05, 0.1) is 12.6 Å². The van der Waals surface area contributed by atoms with E-state index in [1.807, 2.05) is 48.5 Å². The van der Waals surface area contributed by atoms with Crippen molar-refractivity contribution >= 4 is 0 Å². The van der Waals surface area contributed by atoms with Gasteiger partial charge >= 0.3 is 0 Å². The Hall–Kier alpha value is -1.84. The van der Waals surface area contributed by atoms with Gasteiger partial charge in [-0.2, -0.15) is 0 Å². The fourth-order valence-electron chi connectivity index (χ4n) is 2.31. The molecule has 2 aromatic rings. The van der Waals surface area contributed by atoms with Gasteiger partial charge in [0.2, 0.25) is 0 Å². The zero-order valence-corrected chi connectivity index (χ0v) is 12.4. The second-order valence-electron chi connectivity index (χ2n) is 4.99. The molecule has 2 aromatic carbocycles. The van der Waals surface area contributed by atoms with Crippen LogP contribution in [0.1, 0.15) is 24.9 Å². The van der Waals surface area contributed by atoms with E-state index in [2.05, 4.69) is 24.4 Å². The highest BCUT2D eigenvalue weighted by atomic mass is 16.5. The molecule has 0 unspecified atom stereocenters. The van der Waals surface area contributed by atoms with Crippen molar-refractivity contribution in [2.75, 3.05) is 13.2 Å². The summed E-state index contributed by atoms with van der Waals surface area (Å²) in [6.07, 6.45) is 0.716. The van der Waals surface area contributed by atoms with Crippen molar-refractivity contribution in [3.63, 3.8) is 0 Å². The number of rotatable bonds is 8. The van der Waals surface area contributed by atoms with Crippen LogP contribution in [-0.4, -0.2) is 24.4 Å². The number of aliphatic hydroxyl groups is 1. The monoisotopic (exact) mass is 285 g/mol. The average Bonchev–Trinajstić information content (AvgIpc) is 2.56. The van der Waals surface area contributed by atoms with Gasteiger partial charge in [0.25, 0.3) is 0 Å². The third-order valence-electron chi connectivity index (χ3n) is 3.36. The van der Waals surface area contributed by atoms with Crippen LogP contribution in [0, 0.1) is 0 Å². The average molecular weight is 285 g/mol. The number of nitrogens with one attached hydrogen (secondary N) is 1. The highest BCUT2D eigenvalue weighted by Gasteiger charge is 2.23. The molecule has 0 bridgehead atoms. The summed E-state index contributed by atoms with van der Waals surface area (Å²) in [5.41, 5.74) is 1.13. The molecule has 0 radical (unpaired) electrons. The number of para-hydroxylation sites is 1. The Morgan fingerprint density at radius 2 is 1.62 bits per heavy atom. The normalized spacial score (nSPS) is 13.6. The van der Waals surface area contributed by atoms with E-state index in [0.717, 1.165) is 24.3 Å². The highest BCUT2D eigenvalue weighted by Crippen LogP contribution is 2.22. The number of ether oxygens (including phenoxy) is 1. The van der Waals surface area contributed by atoms with Gasteiger partial charge in [0, 0.05) is 0 Å². The van der Waals surface area contributed by atoms with Crippen LogP contribution in [0.4, 0.5) is 0 Å². The molecule has 0 aliphatic rings. The summed E-state index contributed by atoms with van der Waals surface area (Å²) < 4.78 is 5.96. The summed E-state index contributed by atoms with van der Waals surface area (Å²) in [7, 11) is 0. The quantitative estimate of drug-likeness (QED) is 0.783. The molecule has 3 heteroatoms. The summed E-state index contributed by atoms with van der Waals surface area (Å²) in [5, 5.41) is 13.2. The second kappa shape index (κ2) is 8.45. The molecule has 112 valence electrons. The molecule has 0 saturated carbocycles. The molecule has 0 aromatic heterocycles. The van der Waals surface area contributed by atoms with Crippen LogP contribution >= 0.6 is 0 Å². The summed E-state index contributed by atoms with van der Waals surface area (Å²) in [4.78, 5) is 0. The van der Waals surface area contributed by atoms with E-state index in [-0.39, 0.29) is 18.8 Å². The first-order valence-electron chi connectivity index (χ1n) is 7.46. The molecule has 0 saturated heterocycles. The Labute approximate surface area is 126 Å². The molecular weight excluding hydrogens is 262 g/mol. The Bertz CT molecular complexity index is 501. The molecule has 0 amide bonds. The predicted molar refractivity (Wildman–Crippen MR) is 85.4 cm³/mol. The molecular formula is C18H23NO2. The largest absolute Gasteiger partial charge is 0.486 e. The van der Waals surface area contributed by atoms with E-state index in [1.165, 1.54) is 0 Å². The molecule has 2 N–H and O–H groups in total. The lowest BCUT2D eigenvalue weighted by molar-refractivity contribution is 0.0825. The van der Waals surface area contributed by atoms with Crippen LogP contribution in [0.2, 0.25) is 0 Å². The van der Waals surface area contributed by atoms with Crippen molar-refractivity contribution in [1.82, 2.24) is 5.32 Å². The molecule has 3 nitrogen and oxygen atoms in total. The van der Waals surface area contributed by atoms with E-state index in [0.29, 0.717) is 0 Å². The highest BCUT2D eigenvalue weighted by molar-refractivity contribution is 5.24. The van der Waals surface area contributed by atoms with Crippen LogP contribution < -0.4 is 10.1 Å². The van der Waals surface area contributed by atoms with E-state index in [1.54, 1.807) is 0 Å². The maximum atomic E-state index is 9.75. The minimum atomic E-state index is -0.318. The van der Waals surface area contributed by atoms with Gasteiger partial charge in [-0.15, -0.1) is 0 Å². The topological polar surface area (TPSA) is 41.5 Å². The van der Waals surface area contributed by atoms with Crippen LogP contribution in [-0.2, 0) is 0 Å². The molecule has 2 atom stereocenters. The van der Waals surface area contributed by atoms with E-state index < -0.39 is 0 Å². The zero-order valence-electron chi connectivity index (χ0n) is 12.4. The Morgan fingerprint density at radius 3 is 2.19 bits per heavy atom. The third kappa shape index (κ3) is 4.59. The molecule has 0 aliphatic carbocycles.